The van der Waals surface area contributed by atoms with E-state index in [0.29, 0.717) is 37.6 Å². The minimum Gasteiger partial charge on any atom is -0.461 e. The zero-order chi connectivity index (χ0) is 14.8. The van der Waals surface area contributed by atoms with E-state index in [9.17, 15) is 4.79 Å². The summed E-state index contributed by atoms with van der Waals surface area (Å²) in [4.78, 5) is 14.3. The van der Waals surface area contributed by atoms with Crippen molar-refractivity contribution in [3.05, 3.63) is 46.1 Å². The minimum atomic E-state index is 0.0166. The van der Waals surface area contributed by atoms with E-state index in [0.717, 1.165) is 15.8 Å². The number of aryl methyl sites for hydroxylation is 1. The first-order chi connectivity index (χ1) is 10.1. The molecule has 1 aromatic carbocycles. The molecule has 5 heteroatoms. The summed E-state index contributed by atoms with van der Waals surface area (Å²) in [5.41, 5.74) is 1.59. The summed E-state index contributed by atoms with van der Waals surface area (Å²) in [6.07, 6.45) is 0. The van der Waals surface area contributed by atoms with E-state index >= 15 is 0 Å². The highest BCUT2D eigenvalue weighted by Gasteiger charge is 2.23. The highest BCUT2D eigenvalue weighted by molar-refractivity contribution is 9.10. The van der Waals surface area contributed by atoms with Crippen molar-refractivity contribution in [2.75, 3.05) is 26.3 Å². The largest absolute Gasteiger partial charge is 0.461 e. The van der Waals surface area contributed by atoms with Gasteiger partial charge in [-0.2, -0.15) is 0 Å². The summed E-state index contributed by atoms with van der Waals surface area (Å²) in [5.74, 6) is 1.39. The number of benzene rings is 1. The van der Waals surface area contributed by atoms with E-state index in [2.05, 4.69) is 15.9 Å². The topological polar surface area (TPSA) is 42.7 Å². The number of halogens is 1. The molecule has 2 heterocycles. The Balaban J connectivity index is 1.87. The van der Waals surface area contributed by atoms with Gasteiger partial charge in [0.15, 0.2) is 0 Å². The fraction of sp³-hybridized carbons (Fsp3) is 0.312. The molecule has 0 N–H and O–H groups in total. The Bertz CT molecular complexity index is 642. The van der Waals surface area contributed by atoms with E-state index in [4.69, 9.17) is 9.15 Å². The van der Waals surface area contributed by atoms with Crippen molar-refractivity contribution >= 4 is 21.8 Å². The third-order valence-electron chi connectivity index (χ3n) is 3.58. The number of ether oxygens (including phenoxy) is 1. The minimum absolute atomic E-state index is 0.0166. The van der Waals surface area contributed by atoms with Gasteiger partial charge in [0.05, 0.1) is 18.8 Å². The molecule has 0 unspecified atom stereocenters. The summed E-state index contributed by atoms with van der Waals surface area (Å²) in [6, 6.07) is 9.67. The van der Waals surface area contributed by atoms with Crippen LogP contribution in [0.5, 0.6) is 0 Å². The van der Waals surface area contributed by atoms with Gasteiger partial charge in [-0.1, -0.05) is 28.1 Å². The maximum atomic E-state index is 12.5. The molecule has 21 heavy (non-hydrogen) atoms. The Kier molecular flexibility index (Phi) is 4.12. The van der Waals surface area contributed by atoms with Crippen LogP contribution in [0.25, 0.3) is 11.3 Å². The highest BCUT2D eigenvalue weighted by atomic mass is 79.9. The summed E-state index contributed by atoms with van der Waals surface area (Å²) >= 11 is 3.41. The van der Waals surface area contributed by atoms with E-state index in [1.54, 1.807) is 0 Å². The average molecular weight is 350 g/mol. The zero-order valence-corrected chi connectivity index (χ0v) is 13.4. The van der Waals surface area contributed by atoms with Crippen LogP contribution in [-0.2, 0) is 4.74 Å². The van der Waals surface area contributed by atoms with E-state index in [-0.39, 0.29) is 5.91 Å². The van der Waals surface area contributed by atoms with Gasteiger partial charge in [0.1, 0.15) is 11.5 Å². The van der Waals surface area contributed by atoms with Crippen LogP contribution in [0.4, 0.5) is 0 Å². The van der Waals surface area contributed by atoms with E-state index in [1.807, 2.05) is 42.2 Å². The van der Waals surface area contributed by atoms with Gasteiger partial charge in [0, 0.05) is 23.1 Å². The molecule has 1 aromatic heterocycles. The number of rotatable bonds is 2. The summed E-state index contributed by atoms with van der Waals surface area (Å²) in [5, 5.41) is 0. The first kappa shape index (κ1) is 14.4. The van der Waals surface area contributed by atoms with Crippen LogP contribution >= 0.6 is 15.9 Å². The van der Waals surface area contributed by atoms with Gasteiger partial charge in [-0.3, -0.25) is 4.79 Å². The lowest BCUT2D eigenvalue weighted by Crippen LogP contribution is -2.40. The Morgan fingerprint density at radius 1 is 1.19 bits per heavy atom. The quantitative estimate of drug-likeness (QED) is 0.833. The number of hydrogen-bond acceptors (Lipinski definition) is 3. The standard InChI is InChI=1S/C16H16BrNO3/c1-11-14(16(19)18-6-8-20-9-7-18)10-15(21-11)12-2-4-13(17)5-3-12/h2-5,10H,6-9H2,1H3. The smallest absolute Gasteiger partial charge is 0.257 e. The molecule has 110 valence electrons. The zero-order valence-electron chi connectivity index (χ0n) is 11.8. The second kappa shape index (κ2) is 6.03. The molecule has 0 atom stereocenters. The van der Waals surface area contributed by atoms with Gasteiger partial charge in [-0.25, -0.2) is 0 Å². The third kappa shape index (κ3) is 3.04. The fourth-order valence-corrected chi connectivity index (χ4v) is 2.65. The molecular weight excluding hydrogens is 334 g/mol. The highest BCUT2D eigenvalue weighted by Crippen LogP contribution is 2.27. The monoisotopic (exact) mass is 349 g/mol. The van der Waals surface area contributed by atoms with E-state index < -0.39 is 0 Å². The second-order valence-electron chi connectivity index (χ2n) is 4.99. The van der Waals surface area contributed by atoms with Gasteiger partial charge in [0.2, 0.25) is 0 Å². The molecule has 1 aliphatic heterocycles. The Morgan fingerprint density at radius 2 is 1.86 bits per heavy atom. The van der Waals surface area contributed by atoms with Crippen LogP contribution < -0.4 is 0 Å². The lowest BCUT2D eigenvalue weighted by molar-refractivity contribution is 0.0301. The molecule has 3 rings (SSSR count). The average Bonchev–Trinajstić information content (AvgIpc) is 2.90. The molecule has 0 radical (unpaired) electrons. The predicted molar refractivity (Wildman–Crippen MR) is 83.3 cm³/mol. The summed E-state index contributed by atoms with van der Waals surface area (Å²) < 4.78 is 12.1. The van der Waals surface area contributed by atoms with Crippen molar-refractivity contribution in [2.24, 2.45) is 0 Å². The molecule has 4 nitrogen and oxygen atoms in total. The first-order valence-corrected chi connectivity index (χ1v) is 7.68. The van der Waals surface area contributed by atoms with Crippen molar-refractivity contribution in [3.63, 3.8) is 0 Å². The third-order valence-corrected chi connectivity index (χ3v) is 4.10. The number of hydrogen-bond donors (Lipinski definition) is 0. The number of nitrogens with zero attached hydrogens (tertiary/aromatic N) is 1. The molecule has 1 fully saturated rings. The number of carbonyl (C=O) groups excluding carboxylic acids is 1. The molecule has 1 saturated heterocycles. The number of morpholine rings is 1. The molecular formula is C16H16BrNO3. The van der Waals surface area contributed by atoms with Crippen LogP contribution in [-0.4, -0.2) is 37.1 Å². The number of carbonyl (C=O) groups is 1. The van der Waals surface area contributed by atoms with Crippen molar-refractivity contribution in [1.29, 1.82) is 0 Å². The van der Waals surface area contributed by atoms with Gasteiger partial charge < -0.3 is 14.1 Å². The maximum Gasteiger partial charge on any atom is 0.257 e. The van der Waals surface area contributed by atoms with Crippen LogP contribution in [0.3, 0.4) is 0 Å². The Morgan fingerprint density at radius 3 is 2.52 bits per heavy atom. The van der Waals surface area contributed by atoms with Crippen LogP contribution in [0.2, 0.25) is 0 Å². The molecule has 0 aliphatic carbocycles. The predicted octanol–water partition coefficient (Wildman–Crippen LogP) is 3.49. The van der Waals surface area contributed by atoms with Gasteiger partial charge in [0.25, 0.3) is 5.91 Å². The molecule has 0 spiro atoms. The number of furan rings is 1. The molecule has 0 bridgehead atoms. The maximum absolute atomic E-state index is 12.5. The first-order valence-electron chi connectivity index (χ1n) is 6.88. The molecule has 1 aliphatic rings. The summed E-state index contributed by atoms with van der Waals surface area (Å²) in [7, 11) is 0. The van der Waals surface area contributed by atoms with Crippen LogP contribution in [0.1, 0.15) is 16.1 Å². The van der Waals surface area contributed by atoms with Crippen LogP contribution in [0.15, 0.2) is 39.2 Å². The van der Waals surface area contributed by atoms with Crippen molar-refractivity contribution in [3.8, 4) is 11.3 Å². The summed E-state index contributed by atoms with van der Waals surface area (Å²) in [6.45, 7) is 4.30. The van der Waals surface area contributed by atoms with Crippen molar-refractivity contribution in [2.45, 2.75) is 6.92 Å². The Hall–Kier alpha value is -1.59. The van der Waals surface area contributed by atoms with Crippen LogP contribution in [0, 0.1) is 6.92 Å². The van der Waals surface area contributed by atoms with Crippen molar-refractivity contribution in [1.82, 2.24) is 4.90 Å². The lowest BCUT2D eigenvalue weighted by Gasteiger charge is -2.26. The number of amides is 1. The SMILES string of the molecule is Cc1oc(-c2ccc(Br)cc2)cc1C(=O)N1CCOCC1. The van der Waals surface area contributed by atoms with Crippen molar-refractivity contribution < 1.29 is 13.9 Å². The molecule has 2 aromatic rings. The normalized spacial score (nSPS) is 15.2. The fourth-order valence-electron chi connectivity index (χ4n) is 2.39. The lowest BCUT2D eigenvalue weighted by atomic mass is 10.1. The van der Waals surface area contributed by atoms with E-state index in [1.165, 1.54) is 0 Å². The van der Waals surface area contributed by atoms with Gasteiger partial charge >= 0.3 is 0 Å². The van der Waals surface area contributed by atoms with Gasteiger partial charge in [-0.05, 0) is 25.1 Å². The Labute approximate surface area is 131 Å². The van der Waals surface area contributed by atoms with Gasteiger partial charge in [-0.15, -0.1) is 0 Å². The molecule has 0 saturated carbocycles. The second-order valence-corrected chi connectivity index (χ2v) is 5.91. The molecule has 1 amide bonds.